The molecule has 0 aliphatic carbocycles. The Balaban J connectivity index is 2.63. The maximum Gasteiger partial charge on any atom is 0.211 e. The van der Waals surface area contributed by atoms with E-state index in [0.717, 1.165) is 5.56 Å². The van der Waals surface area contributed by atoms with Crippen LogP contribution in [0.4, 0.5) is 0 Å². The van der Waals surface area contributed by atoms with Crippen molar-refractivity contribution in [3.63, 3.8) is 0 Å². The average Bonchev–Trinajstić information content (AvgIpc) is 2.27. The van der Waals surface area contributed by atoms with Gasteiger partial charge in [0.05, 0.1) is 12.3 Å². The van der Waals surface area contributed by atoms with Crippen LogP contribution >= 0.6 is 0 Å². The highest BCUT2D eigenvalue weighted by Crippen LogP contribution is 2.03. The van der Waals surface area contributed by atoms with Gasteiger partial charge in [0, 0.05) is 5.56 Å². The first-order valence-corrected chi connectivity index (χ1v) is 6.67. The summed E-state index contributed by atoms with van der Waals surface area (Å²) >= 11 is 0. The van der Waals surface area contributed by atoms with Crippen LogP contribution in [0.1, 0.15) is 22.8 Å². The summed E-state index contributed by atoms with van der Waals surface area (Å²) in [5.74, 6) is -0.245. The van der Waals surface area contributed by atoms with Crippen molar-refractivity contribution in [2.24, 2.45) is 0 Å². The van der Waals surface area contributed by atoms with Crippen molar-refractivity contribution in [3.05, 3.63) is 35.4 Å². The number of hydrogen-bond acceptors (Lipinski definition) is 3. The summed E-state index contributed by atoms with van der Waals surface area (Å²) in [4.78, 5) is 11.6. The van der Waals surface area contributed by atoms with Crippen LogP contribution < -0.4 is 4.72 Å². The number of carbonyl (C=O) groups is 1. The summed E-state index contributed by atoms with van der Waals surface area (Å²) < 4.78 is 24.5. The van der Waals surface area contributed by atoms with E-state index < -0.39 is 10.0 Å². The summed E-state index contributed by atoms with van der Waals surface area (Å²) in [6.45, 7) is 3.27. The largest absolute Gasteiger partial charge is 0.293 e. The van der Waals surface area contributed by atoms with Crippen LogP contribution in [0.5, 0.6) is 0 Å². The minimum Gasteiger partial charge on any atom is -0.293 e. The number of ketones is 1. The van der Waals surface area contributed by atoms with Crippen LogP contribution in [-0.4, -0.2) is 26.5 Å². The van der Waals surface area contributed by atoms with E-state index in [0.29, 0.717) is 5.56 Å². The lowest BCUT2D eigenvalue weighted by atomic mass is 10.1. The zero-order valence-electron chi connectivity index (χ0n) is 9.36. The highest BCUT2D eigenvalue weighted by Gasteiger charge is 2.10. The molecule has 4 nitrogen and oxygen atoms in total. The number of sulfonamides is 1. The lowest BCUT2D eigenvalue weighted by Crippen LogP contribution is -2.30. The number of nitrogens with one attached hydrogen (secondary N) is 1. The first-order chi connectivity index (χ1) is 7.44. The highest BCUT2D eigenvalue weighted by atomic mass is 32.2. The monoisotopic (exact) mass is 241 g/mol. The van der Waals surface area contributed by atoms with Crippen LogP contribution in [0, 0.1) is 6.92 Å². The third-order valence-electron chi connectivity index (χ3n) is 2.21. The van der Waals surface area contributed by atoms with Gasteiger partial charge in [-0.05, 0) is 13.8 Å². The summed E-state index contributed by atoms with van der Waals surface area (Å²) in [7, 11) is -3.30. The fourth-order valence-electron chi connectivity index (χ4n) is 1.12. The Morgan fingerprint density at radius 1 is 1.25 bits per heavy atom. The average molecular weight is 241 g/mol. The molecule has 1 aromatic rings. The molecule has 0 aliphatic rings. The second kappa shape index (κ2) is 5.23. The normalized spacial score (nSPS) is 11.4. The van der Waals surface area contributed by atoms with Gasteiger partial charge in [0.1, 0.15) is 0 Å². The molecule has 0 heterocycles. The van der Waals surface area contributed by atoms with Crippen molar-refractivity contribution in [2.75, 3.05) is 12.3 Å². The van der Waals surface area contributed by atoms with Crippen molar-refractivity contribution in [1.29, 1.82) is 0 Å². The molecular formula is C11H15NO3S. The molecule has 0 atom stereocenters. The lowest BCUT2D eigenvalue weighted by Gasteiger charge is -2.04. The molecule has 16 heavy (non-hydrogen) atoms. The number of aryl methyl sites for hydroxylation is 1. The van der Waals surface area contributed by atoms with Gasteiger partial charge in [-0.25, -0.2) is 13.1 Å². The Hall–Kier alpha value is -1.20. The van der Waals surface area contributed by atoms with Crippen molar-refractivity contribution in [2.45, 2.75) is 13.8 Å². The second-order valence-electron chi connectivity index (χ2n) is 3.51. The van der Waals surface area contributed by atoms with Crippen molar-refractivity contribution in [3.8, 4) is 0 Å². The first-order valence-electron chi connectivity index (χ1n) is 5.02. The predicted octanol–water partition coefficient (Wildman–Crippen LogP) is 1.12. The van der Waals surface area contributed by atoms with Gasteiger partial charge in [-0.15, -0.1) is 0 Å². The fraction of sp³-hybridized carbons (Fsp3) is 0.364. The molecule has 0 fully saturated rings. The molecule has 0 aromatic heterocycles. The third kappa shape index (κ3) is 3.75. The molecule has 0 aliphatic heterocycles. The van der Waals surface area contributed by atoms with Gasteiger partial charge in [0.15, 0.2) is 5.78 Å². The highest BCUT2D eigenvalue weighted by molar-refractivity contribution is 7.89. The summed E-state index contributed by atoms with van der Waals surface area (Å²) in [5.41, 5.74) is 1.58. The van der Waals surface area contributed by atoms with Gasteiger partial charge in [-0.3, -0.25) is 4.79 Å². The molecule has 5 heteroatoms. The predicted molar refractivity (Wildman–Crippen MR) is 63.0 cm³/mol. The van der Waals surface area contributed by atoms with Gasteiger partial charge in [-0.1, -0.05) is 29.8 Å². The van der Waals surface area contributed by atoms with E-state index in [9.17, 15) is 13.2 Å². The number of rotatable bonds is 5. The standard InChI is InChI=1S/C11H15NO3S/c1-3-16(14,15)12-8-11(13)10-6-4-9(2)5-7-10/h4-7,12H,3,8H2,1-2H3. The second-order valence-corrected chi connectivity index (χ2v) is 5.61. The maximum atomic E-state index is 11.6. The third-order valence-corrected chi connectivity index (χ3v) is 3.55. The van der Waals surface area contributed by atoms with E-state index in [1.165, 1.54) is 6.92 Å². The van der Waals surface area contributed by atoms with Crippen LogP contribution in [0.25, 0.3) is 0 Å². The molecule has 0 spiro atoms. The first kappa shape index (κ1) is 12.9. The van der Waals surface area contributed by atoms with E-state index in [2.05, 4.69) is 4.72 Å². The van der Waals surface area contributed by atoms with E-state index in [1.54, 1.807) is 12.1 Å². The minimum absolute atomic E-state index is 0.0197. The maximum absolute atomic E-state index is 11.6. The molecule has 1 rings (SSSR count). The van der Waals surface area contributed by atoms with Gasteiger partial charge in [0.25, 0.3) is 0 Å². The SMILES string of the molecule is CCS(=O)(=O)NCC(=O)c1ccc(C)cc1. The molecule has 0 radical (unpaired) electrons. The molecule has 0 saturated carbocycles. The molecule has 1 N–H and O–H groups in total. The van der Waals surface area contributed by atoms with Gasteiger partial charge >= 0.3 is 0 Å². The molecule has 88 valence electrons. The number of Topliss-reactive ketones (excluding diaryl/α,β-unsaturated/α-hetero) is 1. The van der Waals surface area contributed by atoms with Crippen LogP contribution in [0.3, 0.4) is 0 Å². The van der Waals surface area contributed by atoms with Crippen molar-refractivity contribution >= 4 is 15.8 Å². The molecule has 1 aromatic carbocycles. The Bertz CT molecular complexity index is 463. The molecule has 0 amide bonds. The molecule has 0 saturated heterocycles. The Morgan fingerprint density at radius 2 is 1.81 bits per heavy atom. The van der Waals surface area contributed by atoms with Gasteiger partial charge in [-0.2, -0.15) is 0 Å². The lowest BCUT2D eigenvalue weighted by molar-refractivity contribution is 0.0997. The van der Waals surface area contributed by atoms with Crippen molar-refractivity contribution < 1.29 is 13.2 Å². The summed E-state index contributed by atoms with van der Waals surface area (Å²) in [6.07, 6.45) is 0. The van der Waals surface area contributed by atoms with E-state index >= 15 is 0 Å². The number of carbonyl (C=O) groups excluding carboxylic acids is 1. The molecular weight excluding hydrogens is 226 g/mol. The molecule has 0 bridgehead atoms. The topological polar surface area (TPSA) is 63.2 Å². The number of hydrogen-bond donors (Lipinski definition) is 1. The van der Waals surface area contributed by atoms with E-state index in [1.807, 2.05) is 19.1 Å². The Morgan fingerprint density at radius 3 is 2.31 bits per heavy atom. The quantitative estimate of drug-likeness (QED) is 0.786. The van der Waals surface area contributed by atoms with Crippen molar-refractivity contribution in [1.82, 2.24) is 4.72 Å². The van der Waals surface area contributed by atoms with E-state index in [4.69, 9.17) is 0 Å². The van der Waals surface area contributed by atoms with E-state index in [-0.39, 0.29) is 18.1 Å². The van der Waals surface area contributed by atoms with Crippen LogP contribution in [0.2, 0.25) is 0 Å². The smallest absolute Gasteiger partial charge is 0.211 e. The zero-order valence-corrected chi connectivity index (χ0v) is 10.2. The summed E-state index contributed by atoms with van der Waals surface area (Å²) in [5, 5.41) is 0. The van der Waals surface area contributed by atoms with Gasteiger partial charge < -0.3 is 0 Å². The Kier molecular flexibility index (Phi) is 4.20. The van der Waals surface area contributed by atoms with Crippen LogP contribution in [-0.2, 0) is 10.0 Å². The Labute approximate surface area is 95.7 Å². The molecule has 0 unspecified atom stereocenters. The number of benzene rings is 1. The fourth-order valence-corrected chi connectivity index (χ4v) is 1.67. The zero-order chi connectivity index (χ0) is 12.2. The van der Waals surface area contributed by atoms with Gasteiger partial charge in [0.2, 0.25) is 10.0 Å². The van der Waals surface area contributed by atoms with Crippen LogP contribution in [0.15, 0.2) is 24.3 Å². The minimum atomic E-state index is -3.30. The summed E-state index contributed by atoms with van der Waals surface area (Å²) in [6, 6.07) is 7.03.